The van der Waals surface area contributed by atoms with E-state index >= 15 is 0 Å². The predicted molar refractivity (Wildman–Crippen MR) is 80.2 cm³/mol. The van der Waals surface area contributed by atoms with E-state index in [0.29, 0.717) is 18.5 Å². The zero-order valence-corrected chi connectivity index (χ0v) is 13.1. The molecule has 2 heterocycles. The van der Waals surface area contributed by atoms with Crippen LogP contribution in [0, 0.1) is 0 Å². The highest BCUT2D eigenvalue weighted by Gasteiger charge is 2.20. The third-order valence-electron chi connectivity index (χ3n) is 3.74. The largest absolute Gasteiger partial charge is 0.408 e. The summed E-state index contributed by atoms with van der Waals surface area (Å²) in [6, 6.07) is 0.624. The van der Waals surface area contributed by atoms with Crippen LogP contribution in [0.3, 0.4) is 0 Å². The summed E-state index contributed by atoms with van der Waals surface area (Å²) >= 11 is 0. The summed E-state index contributed by atoms with van der Waals surface area (Å²) in [6.45, 7) is 6.35. The van der Waals surface area contributed by atoms with Gasteiger partial charge in [0.05, 0.1) is 6.54 Å². The van der Waals surface area contributed by atoms with Crippen molar-refractivity contribution in [3.05, 3.63) is 5.89 Å². The van der Waals surface area contributed by atoms with E-state index in [1.807, 2.05) is 20.9 Å². The molecule has 7 heteroatoms. The first-order chi connectivity index (χ1) is 10.1. The van der Waals surface area contributed by atoms with Crippen molar-refractivity contribution in [1.29, 1.82) is 0 Å². The molecule has 1 atom stereocenters. The van der Waals surface area contributed by atoms with E-state index in [-0.39, 0.29) is 17.8 Å². The fourth-order valence-corrected chi connectivity index (χ4v) is 2.47. The Morgan fingerprint density at radius 3 is 2.95 bits per heavy atom. The Bertz CT molecular complexity index is 452. The molecule has 2 rings (SSSR count). The van der Waals surface area contributed by atoms with Gasteiger partial charge in [-0.2, -0.15) is 0 Å². The molecule has 1 aliphatic heterocycles. The minimum Gasteiger partial charge on any atom is -0.408 e. The van der Waals surface area contributed by atoms with Crippen LogP contribution in [0.4, 0.5) is 6.01 Å². The summed E-state index contributed by atoms with van der Waals surface area (Å²) in [5.74, 6) is 0.575. The van der Waals surface area contributed by atoms with Crippen molar-refractivity contribution in [2.75, 3.05) is 32.0 Å². The van der Waals surface area contributed by atoms with Crippen molar-refractivity contribution in [2.45, 2.75) is 45.1 Å². The molecule has 0 bridgehead atoms. The predicted octanol–water partition coefficient (Wildman–Crippen LogP) is 1.21. The van der Waals surface area contributed by atoms with Crippen molar-refractivity contribution in [3.8, 4) is 0 Å². The van der Waals surface area contributed by atoms with Crippen molar-refractivity contribution in [3.63, 3.8) is 0 Å². The first-order valence-corrected chi connectivity index (χ1v) is 7.60. The maximum absolute atomic E-state index is 12.0. The van der Waals surface area contributed by atoms with Gasteiger partial charge in [-0.15, -0.1) is 5.10 Å². The number of hydrogen-bond donors (Lipinski definition) is 2. The normalized spacial score (nSPS) is 19.8. The van der Waals surface area contributed by atoms with Gasteiger partial charge in [0.25, 0.3) is 0 Å². The molecular weight excluding hydrogens is 270 g/mol. The lowest BCUT2D eigenvalue weighted by molar-refractivity contribution is -0.117. The van der Waals surface area contributed by atoms with Crippen LogP contribution in [0.15, 0.2) is 4.42 Å². The molecule has 0 aliphatic carbocycles. The van der Waals surface area contributed by atoms with E-state index in [1.54, 1.807) is 0 Å². The molecule has 0 spiro atoms. The molecule has 21 heavy (non-hydrogen) atoms. The van der Waals surface area contributed by atoms with Crippen LogP contribution < -0.4 is 10.6 Å². The number of amides is 1. The van der Waals surface area contributed by atoms with Gasteiger partial charge in [0, 0.05) is 12.0 Å². The average molecular weight is 295 g/mol. The standard InChI is InChI=1S/C14H25N5O2/c1-10(2)13-17-18-14(21-13)16-12(20)9-19(3)11-5-4-7-15-8-6-11/h10-11,15H,4-9H2,1-3H3,(H,16,18,20). The smallest absolute Gasteiger partial charge is 0.322 e. The molecular formula is C14H25N5O2. The first-order valence-electron chi connectivity index (χ1n) is 7.60. The van der Waals surface area contributed by atoms with Crippen LogP contribution in [0.2, 0.25) is 0 Å². The highest BCUT2D eigenvalue weighted by molar-refractivity contribution is 5.90. The topological polar surface area (TPSA) is 83.3 Å². The second-order valence-electron chi connectivity index (χ2n) is 5.90. The number of nitrogens with one attached hydrogen (secondary N) is 2. The molecule has 1 saturated heterocycles. The fourth-order valence-electron chi connectivity index (χ4n) is 2.47. The number of rotatable bonds is 5. The summed E-state index contributed by atoms with van der Waals surface area (Å²) in [5.41, 5.74) is 0. The zero-order valence-electron chi connectivity index (χ0n) is 13.1. The van der Waals surface area contributed by atoms with E-state index in [9.17, 15) is 4.79 Å². The minimum atomic E-state index is -0.117. The van der Waals surface area contributed by atoms with Crippen LogP contribution in [0.1, 0.15) is 44.9 Å². The Balaban J connectivity index is 1.82. The van der Waals surface area contributed by atoms with Gasteiger partial charge < -0.3 is 9.73 Å². The summed E-state index contributed by atoms with van der Waals surface area (Å²) in [5, 5.41) is 13.8. The van der Waals surface area contributed by atoms with E-state index in [1.165, 1.54) is 0 Å². The SMILES string of the molecule is CC(C)c1nnc(NC(=O)CN(C)C2CCCNCC2)o1. The molecule has 118 valence electrons. The molecule has 1 aromatic heterocycles. The Labute approximate surface area is 125 Å². The lowest BCUT2D eigenvalue weighted by Gasteiger charge is -2.25. The quantitative estimate of drug-likeness (QED) is 0.849. The fraction of sp³-hybridized carbons (Fsp3) is 0.786. The van der Waals surface area contributed by atoms with Crippen LogP contribution >= 0.6 is 0 Å². The highest BCUT2D eigenvalue weighted by Crippen LogP contribution is 2.15. The maximum atomic E-state index is 12.0. The monoisotopic (exact) mass is 295 g/mol. The van der Waals surface area contributed by atoms with Crippen molar-refractivity contribution < 1.29 is 9.21 Å². The number of nitrogens with zero attached hydrogens (tertiary/aromatic N) is 3. The molecule has 7 nitrogen and oxygen atoms in total. The summed E-state index contributed by atoms with van der Waals surface area (Å²) in [4.78, 5) is 14.1. The molecule has 1 amide bonds. The first kappa shape index (κ1) is 15.9. The van der Waals surface area contributed by atoms with Gasteiger partial charge in [0.15, 0.2) is 0 Å². The van der Waals surface area contributed by atoms with E-state index < -0.39 is 0 Å². The third-order valence-corrected chi connectivity index (χ3v) is 3.74. The second-order valence-corrected chi connectivity index (χ2v) is 5.90. The Morgan fingerprint density at radius 2 is 2.24 bits per heavy atom. The highest BCUT2D eigenvalue weighted by atomic mass is 16.4. The molecule has 0 saturated carbocycles. The van der Waals surface area contributed by atoms with E-state index in [0.717, 1.165) is 32.4 Å². The van der Waals surface area contributed by atoms with Gasteiger partial charge in [0.1, 0.15) is 0 Å². The van der Waals surface area contributed by atoms with Crippen molar-refractivity contribution in [2.24, 2.45) is 0 Å². The summed E-state index contributed by atoms with van der Waals surface area (Å²) in [6.07, 6.45) is 3.34. The Kier molecular flexibility index (Phi) is 5.69. The number of hydrogen-bond acceptors (Lipinski definition) is 6. The molecule has 1 aliphatic rings. The molecule has 0 aromatic carbocycles. The summed E-state index contributed by atoms with van der Waals surface area (Å²) < 4.78 is 5.38. The molecule has 1 fully saturated rings. The van der Waals surface area contributed by atoms with Crippen LogP contribution in [-0.2, 0) is 4.79 Å². The van der Waals surface area contributed by atoms with Crippen LogP contribution in [0.25, 0.3) is 0 Å². The number of aromatic nitrogens is 2. The second kappa shape index (κ2) is 7.51. The average Bonchev–Trinajstić information content (AvgIpc) is 2.73. The van der Waals surface area contributed by atoms with Gasteiger partial charge >= 0.3 is 6.01 Å². The number of anilines is 1. The molecule has 0 radical (unpaired) electrons. The van der Waals surface area contributed by atoms with E-state index in [2.05, 4.69) is 25.7 Å². The van der Waals surface area contributed by atoms with E-state index in [4.69, 9.17) is 4.42 Å². The zero-order chi connectivity index (χ0) is 15.2. The lowest BCUT2D eigenvalue weighted by atomic mass is 10.1. The molecule has 1 aromatic rings. The maximum Gasteiger partial charge on any atom is 0.322 e. The van der Waals surface area contributed by atoms with Crippen molar-refractivity contribution in [1.82, 2.24) is 20.4 Å². The lowest BCUT2D eigenvalue weighted by Crippen LogP contribution is -2.38. The van der Waals surface area contributed by atoms with Gasteiger partial charge in [-0.1, -0.05) is 18.9 Å². The van der Waals surface area contributed by atoms with Crippen LogP contribution in [-0.4, -0.2) is 53.7 Å². The van der Waals surface area contributed by atoms with Gasteiger partial charge in [0.2, 0.25) is 11.8 Å². The number of likely N-dealkylation sites (N-methyl/N-ethyl adjacent to an activating group) is 1. The number of carbonyl (C=O) groups excluding carboxylic acids is 1. The van der Waals surface area contributed by atoms with Gasteiger partial charge in [-0.05, 0) is 39.4 Å². The van der Waals surface area contributed by atoms with Crippen LogP contribution in [0.5, 0.6) is 0 Å². The Hall–Kier alpha value is -1.47. The van der Waals surface area contributed by atoms with Crippen molar-refractivity contribution >= 4 is 11.9 Å². The third kappa shape index (κ3) is 4.78. The Morgan fingerprint density at radius 1 is 1.43 bits per heavy atom. The molecule has 1 unspecified atom stereocenters. The van der Waals surface area contributed by atoms with Gasteiger partial charge in [-0.3, -0.25) is 15.0 Å². The minimum absolute atomic E-state index is 0.117. The summed E-state index contributed by atoms with van der Waals surface area (Å²) in [7, 11) is 1.99. The molecule has 2 N–H and O–H groups in total. The van der Waals surface area contributed by atoms with Gasteiger partial charge in [-0.25, -0.2) is 0 Å². The number of carbonyl (C=O) groups is 1.